The van der Waals surface area contributed by atoms with Crippen LogP contribution in [0.2, 0.25) is 5.02 Å². The molecule has 0 radical (unpaired) electrons. The number of rotatable bonds is 10. The van der Waals surface area contributed by atoms with E-state index in [1.165, 1.54) is 12.1 Å². The van der Waals surface area contributed by atoms with Crippen molar-refractivity contribution in [3.05, 3.63) is 143 Å². The molecule has 6 nitrogen and oxygen atoms in total. The SMILES string of the molecule is O=C(N[C@@H](Cc1ccc(-c2ccccc2Oc2ccccc2)cc1)C(=O)O)c1cc(Cl)ccc1Nc1cc(C(F)(F)F)cc(C(F)(F)F)c1. The normalized spacial score (nSPS) is 12.2. The van der Waals surface area contributed by atoms with Crippen LogP contribution in [0.5, 0.6) is 11.5 Å². The van der Waals surface area contributed by atoms with E-state index in [9.17, 15) is 41.0 Å². The lowest BCUT2D eigenvalue weighted by molar-refractivity contribution is -0.143. The molecule has 0 heterocycles. The number of halogens is 7. The third-order valence-electron chi connectivity index (χ3n) is 7.26. The van der Waals surface area contributed by atoms with Gasteiger partial charge in [0.05, 0.1) is 22.4 Å². The minimum Gasteiger partial charge on any atom is -0.480 e. The van der Waals surface area contributed by atoms with Crippen molar-refractivity contribution in [1.29, 1.82) is 0 Å². The Labute approximate surface area is 280 Å². The monoisotopic (exact) mass is 698 g/mol. The number of hydrogen-bond acceptors (Lipinski definition) is 4. The summed E-state index contributed by atoms with van der Waals surface area (Å²) >= 11 is 6.05. The smallest absolute Gasteiger partial charge is 0.416 e. The molecule has 0 bridgehead atoms. The van der Waals surface area contributed by atoms with E-state index in [0.29, 0.717) is 29.2 Å². The van der Waals surface area contributed by atoms with Gasteiger partial charge in [0.15, 0.2) is 0 Å². The van der Waals surface area contributed by atoms with E-state index < -0.39 is 47.1 Å². The molecule has 0 saturated heterocycles. The minimum atomic E-state index is -5.09. The second-order valence-electron chi connectivity index (χ2n) is 10.8. The van der Waals surface area contributed by atoms with Crippen LogP contribution < -0.4 is 15.4 Å². The largest absolute Gasteiger partial charge is 0.480 e. The van der Waals surface area contributed by atoms with Crippen LogP contribution in [0.4, 0.5) is 37.7 Å². The number of nitrogens with one attached hydrogen (secondary N) is 2. The summed E-state index contributed by atoms with van der Waals surface area (Å²) in [6, 6.07) is 26.4. The Balaban J connectivity index is 1.35. The van der Waals surface area contributed by atoms with Gasteiger partial charge in [-0.3, -0.25) is 4.79 Å². The molecule has 0 spiro atoms. The van der Waals surface area contributed by atoms with Crippen LogP contribution in [0.25, 0.3) is 11.1 Å². The van der Waals surface area contributed by atoms with Crippen LogP contribution in [0, 0.1) is 0 Å². The van der Waals surface area contributed by atoms with E-state index in [4.69, 9.17) is 16.3 Å². The molecule has 5 rings (SSSR count). The number of carbonyl (C=O) groups excluding carboxylic acids is 1. The minimum absolute atomic E-state index is 0.00899. The fourth-order valence-electron chi connectivity index (χ4n) is 4.90. The molecule has 0 aliphatic carbocycles. The van der Waals surface area contributed by atoms with Gasteiger partial charge in [0.25, 0.3) is 5.91 Å². The summed E-state index contributed by atoms with van der Waals surface area (Å²) in [5.74, 6) is -1.12. The molecule has 1 atom stereocenters. The molecule has 0 aromatic heterocycles. The Kier molecular flexibility index (Phi) is 10.2. The molecule has 5 aromatic carbocycles. The van der Waals surface area contributed by atoms with Gasteiger partial charge in [-0.25, -0.2) is 4.79 Å². The average molecular weight is 699 g/mol. The van der Waals surface area contributed by atoms with Gasteiger partial charge in [-0.15, -0.1) is 0 Å². The maximum absolute atomic E-state index is 13.4. The van der Waals surface area contributed by atoms with Crippen molar-refractivity contribution in [3.8, 4) is 22.6 Å². The Hall–Kier alpha value is -5.49. The molecule has 0 aliphatic heterocycles. The highest BCUT2D eigenvalue weighted by Gasteiger charge is 2.37. The van der Waals surface area contributed by atoms with E-state index >= 15 is 0 Å². The van der Waals surface area contributed by atoms with Gasteiger partial charge in [-0.05, 0) is 65.7 Å². The number of aliphatic carboxylic acids is 1. The number of carboxylic acids is 1. The molecule has 5 aromatic rings. The zero-order chi connectivity index (χ0) is 35.3. The fourth-order valence-corrected chi connectivity index (χ4v) is 5.07. The maximum atomic E-state index is 13.4. The number of hydrogen-bond donors (Lipinski definition) is 3. The van der Waals surface area contributed by atoms with Crippen LogP contribution in [0.1, 0.15) is 27.0 Å². The number of carbonyl (C=O) groups is 2. The quantitative estimate of drug-likeness (QED) is 0.126. The highest BCUT2D eigenvalue weighted by atomic mass is 35.5. The first kappa shape index (κ1) is 34.8. The summed E-state index contributed by atoms with van der Waals surface area (Å²) in [5, 5.41) is 14.7. The van der Waals surface area contributed by atoms with Crippen molar-refractivity contribution in [3.63, 3.8) is 0 Å². The molecule has 0 fully saturated rings. The number of alkyl halides is 6. The van der Waals surface area contributed by atoms with Crippen LogP contribution in [-0.2, 0) is 23.6 Å². The highest BCUT2D eigenvalue weighted by molar-refractivity contribution is 6.31. The number of anilines is 2. The van der Waals surface area contributed by atoms with Gasteiger partial charge in [0, 0.05) is 22.7 Å². The van der Waals surface area contributed by atoms with Crippen molar-refractivity contribution in [1.82, 2.24) is 5.32 Å². The van der Waals surface area contributed by atoms with Gasteiger partial charge in [0.1, 0.15) is 17.5 Å². The van der Waals surface area contributed by atoms with Crippen molar-refractivity contribution in [2.75, 3.05) is 5.32 Å². The van der Waals surface area contributed by atoms with Crippen molar-refractivity contribution >= 4 is 34.9 Å². The lowest BCUT2D eigenvalue weighted by Gasteiger charge is -2.19. The van der Waals surface area contributed by atoms with E-state index in [2.05, 4.69) is 10.6 Å². The zero-order valence-electron chi connectivity index (χ0n) is 25.1. The van der Waals surface area contributed by atoms with Crippen molar-refractivity contribution in [2.45, 2.75) is 24.8 Å². The van der Waals surface area contributed by atoms with Crippen molar-refractivity contribution < 1.29 is 45.8 Å². The molecule has 1 amide bonds. The first-order chi connectivity index (χ1) is 23.2. The molecule has 0 aliphatic rings. The first-order valence-electron chi connectivity index (χ1n) is 14.5. The topological polar surface area (TPSA) is 87.7 Å². The van der Waals surface area contributed by atoms with Gasteiger partial charge < -0.3 is 20.5 Å². The Bertz CT molecular complexity index is 1930. The van der Waals surface area contributed by atoms with E-state index in [-0.39, 0.29) is 28.8 Å². The Morgan fingerprint density at radius 3 is 1.98 bits per heavy atom. The zero-order valence-corrected chi connectivity index (χ0v) is 25.8. The molecular weight excluding hydrogens is 674 g/mol. The van der Waals surface area contributed by atoms with E-state index in [1.807, 2.05) is 54.6 Å². The third-order valence-corrected chi connectivity index (χ3v) is 7.49. The van der Waals surface area contributed by atoms with Crippen LogP contribution >= 0.6 is 11.6 Å². The number of carboxylic acid groups (broad SMARTS) is 1. The summed E-state index contributed by atoms with van der Waals surface area (Å²) < 4.78 is 86.4. The van der Waals surface area contributed by atoms with Crippen LogP contribution in [-0.4, -0.2) is 23.0 Å². The van der Waals surface area contributed by atoms with Gasteiger partial charge in [-0.2, -0.15) is 26.3 Å². The predicted octanol–water partition coefficient (Wildman–Crippen LogP) is 10.0. The standard InChI is InChI=1S/C36H25ClF6N2O4/c37-25-14-15-30(44-26-18-23(35(38,39)40)17-24(19-26)36(41,42)43)29(20-25)33(46)45-31(34(47)48)16-21-10-12-22(13-11-21)28-8-4-5-9-32(28)49-27-6-2-1-3-7-27/h1-15,17-20,31,44H,16H2,(H,45,46)(H,47,48)/t31-/m0/s1. The molecule has 13 heteroatoms. The van der Waals surface area contributed by atoms with Gasteiger partial charge >= 0.3 is 18.3 Å². The average Bonchev–Trinajstić information content (AvgIpc) is 3.05. The fraction of sp³-hybridized carbons (Fsp3) is 0.111. The maximum Gasteiger partial charge on any atom is 0.416 e. The molecule has 3 N–H and O–H groups in total. The first-order valence-corrected chi connectivity index (χ1v) is 14.9. The molecular formula is C36H25ClF6N2O4. The van der Waals surface area contributed by atoms with Crippen LogP contribution in [0.15, 0.2) is 115 Å². The summed E-state index contributed by atoms with van der Waals surface area (Å²) in [5.41, 5.74) is -2.14. The highest BCUT2D eigenvalue weighted by Crippen LogP contribution is 2.39. The van der Waals surface area contributed by atoms with Crippen molar-refractivity contribution in [2.24, 2.45) is 0 Å². The van der Waals surface area contributed by atoms with E-state index in [1.54, 1.807) is 24.3 Å². The van der Waals surface area contributed by atoms with Gasteiger partial charge in [-0.1, -0.05) is 72.3 Å². The summed E-state index contributed by atoms with van der Waals surface area (Å²) in [6.07, 6.45) is -10.3. The van der Waals surface area contributed by atoms with E-state index in [0.717, 1.165) is 17.2 Å². The molecule has 49 heavy (non-hydrogen) atoms. The second kappa shape index (κ2) is 14.3. The van der Waals surface area contributed by atoms with Gasteiger partial charge in [0.2, 0.25) is 0 Å². The molecule has 252 valence electrons. The summed E-state index contributed by atoms with van der Waals surface area (Å²) in [6.45, 7) is 0. The molecule has 0 saturated carbocycles. The summed E-state index contributed by atoms with van der Waals surface area (Å²) in [4.78, 5) is 25.5. The lowest BCUT2D eigenvalue weighted by atomic mass is 9.99. The Morgan fingerprint density at radius 1 is 0.755 bits per heavy atom. The Morgan fingerprint density at radius 2 is 1.37 bits per heavy atom. The number of ether oxygens (including phenoxy) is 1. The molecule has 0 unspecified atom stereocenters. The second-order valence-corrected chi connectivity index (χ2v) is 11.2. The summed E-state index contributed by atoms with van der Waals surface area (Å²) in [7, 11) is 0. The van der Waals surface area contributed by atoms with Crippen LogP contribution in [0.3, 0.4) is 0 Å². The number of para-hydroxylation sites is 2. The third kappa shape index (κ3) is 8.90. The number of benzene rings is 5. The number of amides is 1. The lowest BCUT2D eigenvalue weighted by Crippen LogP contribution is -2.42. The predicted molar refractivity (Wildman–Crippen MR) is 172 cm³/mol.